The van der Waals surface area contributed by atoms with Gasteiger partial charge in [-0.1, -0.05) is 0 Å². The lowest BCUT2D eigenvalue weighted by Crippen LogP contribution is -2.05. The topological polar surface area (TPSA) is 69.2 Å². The predicted octanol–water partition coefficient (Wildman–Crippen LogP) is 0.0328. The van der Waals surface area contributed by atoms with Gasteiger partial charge in [-0.3, -0.25) is 0 Å². The van der Waals surface area contributed by atoms with Crippen molar-refractivity contribution in [2.45, 2.75) is 11.3 Å². The summed E-state index contributed by atoms with van der Waals surface area (Å²) < 4.78 is 28.2. The predicted molar refractivity (Wildman–Crippen MR) is 44.2 cm³/mol. The highest BCUT2D eigenvalue weighted by Crippen LogP contribution is 2.23. The SMILES string of the molecule is O=S1(=O)CCCOc2nnccc21. The van der Waals surface area contributed by atoms with Gasteiger partial charge >= 0.3 is 0 Å². The fourth-order valence-corrected chi connectivity index (χ4v) is 2.52. The molecule has 6 heteroatoms. The van der Waals surface area contributed by atoms with Crippen molar-refractivity contribution in [2.75, 3.05) is 12.4 Å². The second-order valence-electron chi connectivity index (χ2n) is 2.72. The molecular formula is C7H8N2O3S. The maximum Gasteiger partial charge on any atom is 0.252 e. The molecule has 1 aliphatic rings. The minimum absolute atomic E-state index is 0.117. The van der Waals surface area contributed by atoms with Gasteiger partial charge in [0.1, 0.15) is 4.90 Å². The number of ether oxygens (including phenoxy) is 1. The molecule has 0 saturated carbocycles. The summed E-state index contributed by atoms with van der Waals surface area (Å²) in [6.07, 6.45) is 1.85. The van der Waals surface area contributed by atoms with Crippen molar-refractivity contribution in [3.63, 3.8) is 0 Å². The van der Waals surface area contributed by atoms with Crippen LogP contribution in [-0.2, 0) is 9.84 Å². The molecular weight excluding hydrogens is 192 g/mol. The van der Waals surface area contributed by atoms with E-state index in [2.05, 4.69) is 10.2 Å². The van der Waals surface area contributed by atoms with Crippen LogP contribution in [0.25, 0.3) is 0 Å². The second kappa shape index (κ2) is 2.95. The van der Waals surface area contributed by atoms with Crippen molar-refractivity contribution < 1.29 is 13.2 Å². The molecule has 0 spiro atoms. The summed E-state index contributed by atoms with van der Waals surface area (Å²) >= 11 is 0. The van der Waals surface area contributed by atoms with Crippen LogP contribution in [0.1, 0.15) is 6.42 Å². The van der Waals surface area contributed by atoms with Crippen LogP contribution in [0.3, 0.4) is 0 Å². The van der Waals surface area contributed by atoms with Gasteiger partial charge in [0.05, 0.1) is 18.6 Å². The van der Waals surface area contributed by atoms with E-state index in [1.807, 2.05) is 0 Å². The summed E-state index contributed by atoms with van der Waals surface area (Å²) in [7, 11) is -3.21. The quantitative estimate of drug-likeness (QED) is 0.591. The first-order valence-corrected chi connectivity index (χ1v) is 5.53. The first kappa shape index (κ1) is 8.43. The molecule has 0 atom stereocenters. The highest BCUT2D eigenvalue weighted by Gasteiger charge is 2.23. The fraction of sp³-hybridized carbons (Fsp3) is 0.429. The first-order chi connectivity index (χ1) is 6.20. The van der Waals surface area contributed by atoms with Crippen molar-refractivity contribution in [1.29, 1.82) is 0 Å². The number of rotatable bonds is 0. The molecule has 5 nitrogen and oxygen atoms in total. The fourth-order valence-electron chi connectivity index (χ4n) is 1.17. The van der Waals surface area contributed by atoms with E-state index in [0.29, 0.717) is 13.0 Å². The van der Waals surface area contributed by atoms with E-state index in [-0.39, 0.29) is 16.5 Å². The van der Waals surface area contributed by atoms with Crippen LogP contribution in [0, 0.1) is 0 Å². The molecule has 13 heavy (non-hydrogen) atoms. The van der Waals surface area contributed by atoms with E-state index in [1.54, 1.807) is 0 Å². The van der Waals surface area contributed by atoms with E-state index in [0.717, 1.165) is 0 Å². The Labute approximate surface area is 75.7 Å². The van der Waals surface area contributed by atoms with Gasteiger partial charge in [-0.2, -0.15) is 5.10 Å². The van der Waals surface area contributed by atoms with Gasteiger partial charge in [0.25, 0.3) is 5.88 Å². The zero-order chi connectivity index (χ0) is 9.31. The summed E-state index contributed by atoms with van der Waals surface area (Å²) in [5, 5.41) is 7.19. The van der Waals surface area contributed by atoms with Crippen LogP contribution in [0.4, 0.5) is 0 Å². The van der Waals surface area contributed by atoms with E-state index in [1.165, 1.54) is 12.3 Å². The molecule has 0 aromatic carbocycles. The normalized spacial score (nSPS) is 19.7. The number of fused-ring (bicyclic) bond motifs is 1. The number of hydrogen-bond acceptors (Lipinski definition) is 5. The Bertz CT molecular complexity index is 416. The molecule has 0 radical (unpaired) electrons. The van der Waals surface area contributed by atoms with Gasteiger partial charge < -0.3 is 4.74 Å². The molecule has 0 amide bonds. The summed E-state index contributed by atoms with van der Waals surface area (Å²) in [5.74, 6) is 0.242. The molecule has 0 fully saturated rings. The zero-order valence-electron chi connectivity index (χ0n) is 6.80. The van der Waals surface area contributed by atoms with Gasteiger partial charge in [-0.25, -0.2) is 8.42 Å². The number of hydrogen-bond donors (Lipinski definition) is 0. The van der Waals surface area contributed by atoms with Crippen LogP contribution in [0.2, 0.25) is 0 Å². The third-order valence-electron chi connectivity index (χ3n) is 1.78. The third kappa shape index (κ3) is 1.49. The summed E-state index contributed by atoms with van der Waals surface area (Å²) in [5.41, 5.74) is 0. The van der Waals surface area contributed by atoms with E-state index >= 15 is 0 Å². The molecule has 2 heterocycles. The standard InChI is InChI=1S/C7H8N2O3S/c10-13(11)5-1-4-12-7-6(13)2-3-8-9-7/h2-3H,1,4-5H2. The van der Waals surface area contributed by atoms with Crippen molar-refractivity contribution in [3.05, 3.63) is 12.3 Å². The summed E-state index contributed by atoms with van der Waals surface area (Å²) in [6.45, 7) is 0.380. The summed E-state index contributed by atoms with van der Waals surface area (Å²) in [4.78, 5) is 0.153. The van der Waals surface area contributed by atoms with Crippen LogP contribution in [0.15, 0.2) is 17.2 Å². The maximum absolute atomic E-state index is 11.5. The Balaban J connectivity index is 2.62. The van der Waals surface area contributed by atoms with Crippen molar-refractivity contribution >= 4 is 9.84 Å². The molecule has 1 aromatic rings. The summed E-state index contributed by atoms with van der Waals surface area (Å²) in [6, 6.07) is 1.42. The Morgan fingerprint density at radius 2 is 2.31 bits per heavy atom. The molecule has 70 valence electrons. The molecule has 2 rings (SSSR count). The third-order valence-corrected chi connectivity index (χ3v) is 3.59. The van der Waals surface area contributed by atoms with Gasteiger partial charge in [0.2, 0.25) is 0 Å². The Kier molecular flexibility index (Phi) is 1.91. The molecule has 1 aliphatic heterocycles. The lowest BCUT2D eigenvalue weighted by atomic mass is 10.5. The number of sulfone groups is 1. The molecule has 0 N–H and O–H groups in total. The maximum atomic E-state index is 11.5. The Morgan fingerprint density at radius 3 is 3.15 bits per heavy atom. The van der Waals surface area contributed by atoms with E-state index in [4.69, 9.17) is 4.74 Å². The van der Waals surface area contributed by atoms with Crippen LogP contribution in [0.5, 0.6) is 5.88 Å². The smallest absolute Gasteiger partial charge is 0.252 e. The Morgan fingerprint density at radius 1 is 1.46 bits per heavy atom. The monoisotopic (exact) mass is 200 g/mol. The highest BCUT2D eigenvalue weighted by molar-refractivity contribution is 7.91. The van der Waals surface area contributed by atoms with Gasteiger partial charge in [-0.15, -0.1) is 5.10 Å². The average Bonchev–Trinajstić information content (AvgIpc) is 2.26. The minimum Gasteiger partial charge on any atom is -0.476 e. The van der Waals surface area contributed by atoms with Crippen LogP contribution >= 0.6 is 0 Å². The van der Waals surface area contributed by atoms with Crippen LogP contribution in [-0.4, -0.2) is 31.0 Å². The van der Waals surface area contributed by atoms with E-state index < -0.39 is 9.84 Å². The van der Waals surface area contributed by atoms with Crippen molar-refractivity contribution in [1.82, 2.24) is 10.2 Å². The van der Waals surface area contributed by atoms with Crippen molar-refractivity contribution in [3.8, 4) is 5.88 Å². The molecule has 0 unspecified atom stereocenters. The molecule has 0 saturated heterocycles. The van der Waals surface area contributed by atoms with Crippen molar-refractivity contribution in [2.24, 2.45) is 0 Å². The Hall–Kier alpha value is -1.17. The number of nitrogens with zero attached hydrogens (tertiary/aromatic N) is 2. The zero-order valence-corrected chi connectivity index (χ0v) is 7.62. The molecule has 0 aliphatic carbocycles. The van der Waals surface area contributed by atoms with Crippen LogP contribution < -0.4 is 4.74 Å². The van der Waals surface area contributed by atoms with Gasteiger partial charge in [0, 0.05) is 0 Å². The van der Waals surface area contributed by atoms with Gasteiger partial charge in [-0.05, 0) is 12.5 Å². The largest absolute Gasteiger partial charge is 0.476 e. The first-order valence-electron chi connectivity index (χ1n) is 3.87. The highest BCUT2D eigenvalue weighted by atomic mass is 32.2. The second-order valence-corrected chi connectivity index (χ2v) is 4.80. The minimum atomic E-state index is -3.21. The van der Waals surface area contributed by atoms with E-state index in [9.17, 15) is 8.42 Å². The lowest BCUT2D eigenvalue weighted by molar-refractivity contribution is 0.298. The lowest BCUT2D eigenvalue weighted by Gasteiger charge is -2.01. The number of aromatic nitrogens is 2. The average molecular weight is 200 g/mol. The van der Waals surface area contributed by atoms with Gasteiger partial charge in [0.15, 0.2) is 9.84 Å². The molecule has 0 bridgehead atoms. The molecule has 1 aromatic heterocycles.